The van der Waals surface area contributed by atoms with Crippen LogP contribution in [0.4, 0.5) is 0 Å². The molecule has 0 saturated carbocycles. The summed E-state index contributed by atoms with van der Waals surface area (Å²) in [5.41, 5.74) is 5.48. The van der Waals surface area contributed by atoms with Crippen LogP contribution >= 0.6 is 12.6 Å². The first-order valence-electron chi connectivity index (χ1n) is 9.65. The van der Waals surface area contributed by atoms with Crippen LogP contribution in [0, 0.1) is 11.8 Å². The maximum Gasteiger partial charge on any atom is 0.326 e. The van der Waals surface area contributed by atoms with Crippen molar-refractivity contribution in [3.8, 4) is 0 Å². The molecule has 7 N–H and O–H groups in total. The van der Waals surface area contributed by atoms with Gasteiger partial charge < -0.3 is 31.9 Å². The minimum Gasteiger partial charge on any atom is -0.480 e. The number of nitrogens with one attached hydrogen (secondary N) is 3. The molecule has 29 heavy (non-hydrogen) atoms. The molecular formula is C18H34N4O6S. The van der Waals surface area contributed by atoms with Crippen molar-refractivity contribution in [2.45, 2.75) is 64.7 Å². The van der Waals surface area contributed by atoms with Gasteiger partial charge in [0.25, 0.3) is 0 Å². The summed E-state index contributed by atoms with van der Waals surface area (Å²) in [7, 11) is 0. The zero-order valence-corrected chi connectivity index (χ0v) is 18.2. The Morgan fingerprint density at radius 3 is 1.79 bits per heavy atom. The highest BCUT2D eigenvalue weighted by Crippen LogP contribution is 2.10. The fourth-order valence-electron chi connectivity index (χ4n) is 2.44. The molecule has 11 heteroatoms. The molecule has 3 amide bonds. The third kappa shape index (κ3) is 8.58. The molecule has 0 aromatic carbocycles. The molecule has 0 spiro atoms. The predicted octanol–water partition coefficient (Wildman–Crippen LogP) is -1.13. The van der Waals surface area contributed by atoms with Gasteiger partial charge in [-0.2, -0.15) is 12.6 Å². The van der Waals surface area contributed by atoms with Crippen LogP contribution in [-0.2, 0) is 19.2 Å². The Kier molecular flexibility index (Phi) is 12.5. The third-order valence-electron chi connectivity index (χ3n) is 4.92. The van der Waals surface area contributed by atoms with Crippen molar-refractivity contribution in [3.63, 3.8) is 0 Å². The number of carboxylic acid groups (broad SMARTS) is 1. The van der Waals surface area contributed by atoms with Gasteiger partial charge in [0.2, 0.25) is 17.7 Å². The number of rotatable bonds is 13. The average Bonchev–Trinajstić information content (AvgIpc) is 2.71. The van der Waals surface area contributed by atoms with E-state index in [1.807, 2.05) is 6.92 Å². The molecule has 6 atom stereocenters. The molecule has 0 aliphatic heterocycles. The normalized spacial score (nSPS) is 17.2. The Bertz CT molecular complexity index is 577. The molecule has 6 unspecified atom stereocenters. The van der Waals surface area contributed by atoms with Gasteiger partial charge in [-0.25, -0.2) is 4.79 Å². The van der Waals surface area contributed by atoms with Crippen molar-refractivity contribution in [3.05, 3.63) is 0 Å². The lowest BCUT2D eigenvalue weighted by Crippen LogP contribution is -2.59. The van der Waals surface area contributed by atoms with Crippen molar-refractivity contribution in [1.82, 2.24) is 16.0 Å². The SMILES string of the molecule is CCC(C)C(NC(=O)C(CS)NC(=O)C(NC(=O)C(N)CO)C(C)CC)C(=O)O. The van der Waals surface area contributed by atoms with E-state index >= 15 is 0 Å². The first kappa shape index (κ1) is 27.1. The van der Waals surface area contributed by atoms with E-state index in [-0.39, 0.29) is 17.6 Å². The van der Waals surface area contributed by atoms with Crippen LogP contribution in [0.3, 0.4) is 0 Å². The average molecular weight is 435 g/mol. The first-order valence-corrected chi connectivity index (χ1v) is 10.3. The van der Waals surface area contributed by atoms with E-state index in [0.717, 1.165) is 0 Å². The van der Waals surface area contributed by atoms with E-state index in [1.54, 1.807) is 20.8 Å². The summed E-state index contributed by atoms with van der Waals surface area (Å²) >= 11 is 4.08. The zero-order chi connectivity index (χ0) is 22.7. The van der Waals surface area contributed by atoms with Crippen LogP contribution in [0.2, 0.25) is 0 Å². The summed E-state index contributed by atoms with van der Waals surface area (Å²) in [4.78, 5) is 48.6. The fraction of sp³-hybridized carbons (Fsp3) is 0.778. The van der Waals surface area contributed by atoms with Gasteiger partial charge in [0.05, 0.1) is 6.61 Å². The van der Waals surface area contributed by atoms with Crippen LogP contribution < -0.4 is 21.7 Å². The monoisotopic (exact) mass is 434 g/mol. The van der Waals surface area contributed by atoms with Gasteiger partial charge in [0, 0.05) is 5.75 Å². The summed E-state index contributed by atoms with van der Waals surface area (Å²) < 4.78 is 0. The van der Waals surface area contributed by atoms with Crippen molar-refractivity contribution in [1.29, 1.82) is 0 Å². The number of aliphatic hydroxyl groups excluding tert-OH is 1. The summed E-state index contributed by atoms with van der Waals surface area (Å²) in [6.07, 6.45) is 1.10. The molecule has 0 heterocycles. The first-order chi connectivity index (χ1) is 13.5. The van der Waals surface area contributed by atoms with Gasteiger partial charge in [0.1, 0.15) is 24.2 Å². The fourth-order valence-corrected chi connectivity index (χ4v) is 2.69. The van der Waals surface area contributed by atoms with Crippen LogP contribution in [0.25, 0.3) is 0 Å². The Morgan fingerprint density at radius 1 is 0.897 bits per heavy atom. The lowest BCUT2D eigenvalue weighted by atomic mass is 9.97. The van der Waals surface area contributed by atoms with Crippen LogP contribution in [0.15, 0.2) is 0 Å². The molecule has 0 saturated heterocycles. The maximum absolute atomic E-state index is 12.7. The molecule has 0 aromatic heterocycles. The van der Waals surface area contributed by atoms with Crippen LogP contribution in [-0.4, -0.2) is 70.4 Å². The molecule has 10 nitrogen and oxygen atoms in total. The van der Waals surface area contributed by atoms with Gasteiger partial charge in [-0.15, -0.1) is 0 Å². The largest absolute Gasteiger partial charge is 0.480 e. The maximum atomic E-state index is 12.7. The van der Waals surface area contributed by atoms with Gasteiger partial charge in [0.15, 0.2) is 0 Å². The molecule has 0 aromatic rings. The van der Waals surface area contributed by atoms with Crippen molar-refractivity contribution in [2.75, 3.05) is 12.4 Å². The Balaban J connectivity index is 5.29. The number of thiol groups is 1. The number of aliphatic hydroxyl groups is 1. The Labute approximate surface area is 176 Å². The molecule has 0 aliphatic rings. The molecule has 0 rings (SSSR count). The van der Waals surface area contributed by atoms with E-state index in [1.165, 1.54) is 0 Å². The highest BCUT2D eigenvalue weighted by atomic mass is 32.1. The van der Waals surface area contributed by atoms with Crippen molar-refractivity contribution < 1.29 is 29.4 Å². The number of carbonyl (C=O) groups is 4. The van der Waals surface area contributed by atoms with E-state index in [0.29, 0.717) is 12.8 Å². The lowest BCUT2D eigenvalue weighted by Gasteiger charge is -2.28. The topological polar surface area (TPSA) is 171 Å². The number of aliphatic carboxylic acids is 1. The highest BCUT2D eigenvalue weighted by Gasteiger charge is 2.32. The number of amides is 3. The molecule has 0 aliphatic carbocycles. The second-order valence-corrected chi connectivity index (χ2v) is 7.48. The summed E-state index contributed by atoms with van der Waals surface area (Å²) in [6, 6.07) is -4.35. The van der Waals surface area contributed by atoms with E-state index < -0.39 is 54.5 Å². The molecular weight excluding hydrogens is 400 g/mol. The standard InChI is InChI=1S/C18H34N4O6S/c1-5-9(3)13(21-15(24)11(19)7-23)17(26)20-12(8-29)16(25)22-14(18(27)28)10(4)6-2/h9-14,23,29H,5-8,19H2,1-4H3,(H,20,26)(H,21,24)(H,22,25)(H,27,28). The minimum atomic E-state index is -1.18. The van der Waals surface area contributed by atoms with Gasteiger partial charge in [-0.3, -0.25) is 14.4 Å². The quantitative estimate of drug-likeness (QED) is 0.180. The number of carboxylic acids is 1. The Hall–Kier alpha value is -1.85. The van der Waals surface area contributed by atoms with Crippen LogP contribution in [0.5, 0.6) is 0 Å². The summed E-state index contributed by atoms with van der Waals surface area (Å²) in [6.45, 7) is 6.51. The number of hydrogen-bond acceptors (Lipinski definition) is 7. The number of nitrogens with two attached hydrogens (primary N) is 1. The number of carbonyl (C=O) groups excluding carboxylic acids is 3. The molecule has 0 bridgehead atoms. The zero-order valence-electron chi connectivity index (χ0n) is 17.3. The molecule has 0 radical (unpaired) electrons. The minimum absolute atomic E-state index is 0.0677. The number of hydrogen-bond donors (Lipinski definition) is 7. The highest BCUT2D eigenvalue weighted by molar-refractivity contribution is 7.80. The van der Waals surface area contributed by atoms with Crippen molar-refractivity contribution >= 4 is 36.3 Å². The second-order valence-electron chi connectivity index (χ2n) is 7.11. The smallest absolute Gasteiger partial charge is 0.326 e. The second kappa shape index (κ2) is 13.4. The van der Waals surface area contributed by atoms with Crippen molar-refractivity contribution in [2.24, 2.45) is 17.6 Å². The summed E-state index contributed by atoms with van der Waals surface area (Å²) in [5, 5.41) is 25.8. The predicted molar refractivity (Wildman–Crippen MR) is 111 cm³/mol. The Morgan fingerprint density at radius 2 is 1.38 bits per heavy atom. The third-order valence-corrected chi connectivity index (χ3v) is 5.28. The lowest BCUT2D eigenvalue weighted by molar-refractivity contribution is -0.143. The van der Waals surface area contributed by atoms with E-state index in [9.17, 15) is 24.3 Å². The van der Waals surface area contributed by atoms with Gasteiger partial charge >= 0.3 is 5.97 Å². The van der Waals surface area contributed by atoms with Gasteiger partial charge in [-0.1, -0.05) is 40.5 Å². The summed E-state index contributed by atoms with van der Waals surface area (Å²) in [5.74, 6) is -3.81. The van der Waals surface area contributed by atoms with Gasteiger partial charge in [-0.05, 0) is 11.8 Å². The van der Waals surface area contributed by atoms with E-state index in [2.05, 4.69) is 28.6 Å². The van der Waals surface area contributed by atoms with E-state index in [4.69, 9.17) is 10.8 Å². The molecule has 168 valence electrons. The van der Waals surface area contributed by atoms with Crippen LogP contribution in [0.1, 0.15) is 40.5 Å². The molecule has 0 fully saturated rings.